The summed E-state index contributed by atoms with van der Waals surface area (Å²) in [6, 6.07) is 7.57. The molecule has 0 heterocycles. The Morgan fingerprint density at radius 2 is 2.10 bits per heavy atom. The first-order chi connectivity index (χ1) is 4.33. The van der Waals surface area contributed by atoms with Crippen LogP contribution >= 0.6 is 12.6 Å². The average molecular weight is 180 g/mol. The molecule has 3 heteroatoms. The van der Waals surface area contributed by atoms with Crippen molar-refractivity contribution in [1.29, 1.82) is 0 Å². The van der Waals surface area contributed by atoms with Gasteiger partial charge in [0.05, 0.1) is 7.11 Å². The second-order valence-electron chi connectivity index (χ2n) is 1.70. The molecule has 0 fully saturated rings. The Balaban J connectivity index is 0.000000810. The summed E-state index contributed by atoms with van der Waals surface area (Å²) >= 11 is 4.13. The topological polar surface area (TPSA) is 9.23 Å². The molecule has 1 aromatic rings. The monoisotopic (exact) mass is 180 g/mol. The van der Waals surface area contributed by atoms with Gasteiger partial charge in [-0.1, -0.05) is 6.07 Å². The Labute approximate surface area is 109 Å². The second-order valence-corrected chi connectivity index (χ2v) is 2.22. The van der Waals surface area contributed by atoms with E-state index in [0.29, 0.717) is 0 Å². The van der Waals surface area contributed by atoms with E-state index in [1.165, 1.54) is 0 Å². The van der Waals surface area contributed by atoms with Crippen LogP contribution in [0.5, 0.6) is 5.75 Å². The van der Waals surface area contributed by atoms with Crippen LogP contribution in [0, 0.1) is 0 Å². The molecule has 0 aliphatic carbocycles. The zero-order valence-electron chi connectivity index (χ0n) is 5.16. The van der Waals surface area contributed by atoms with E-state index in [1.54, 1.807) is 7.11 Å². The van der Waals surface area contributed by atoms with Crippen molar-refractivity contribution in [3.05, 3.63) is 24.3 Å². The predicted octanol–water partition coefficient (Wildman–Crippen LogP) is 1.34. The maximum atomic E-state index is 4.95. The molecule has 0 N–H and O–H groups in total. The molecule has 0 spiro atoms. The van der Waals surface area contributed by atoms with Crippen LogP contribution in [0.1, 0.15) is 0 Å². The molecule has 10 heavy (non-hydrogen) atoms. The summed E-state index contributed by atoms with van der Waals surface area (Å²) in [6.45, 7) is 0. The van der Waals surface area contributed by atoms with Crippen molar-refractivity contribution in [2.24, 2.45) is 0 Å². The molecule has 0 unspecified atom stereocenters. The van der Waals surface area contributed by atoms with Crippen LogP contribution in [-0.4, -0.2) is 58.5 Å². The first-order valence-electron chi connectivity index (χ1n) is 2.66. The van der Waals surface area contributed by atoms with Crippen LogP contribution in [0.15, 0.2) is 29.2 Å². The summed E-state index contributed by atoms with van der Waals surface area (Å²) in [6.07, 6.45) is 0. The summed E-state index contributed by atoms with van der Waals surface area (Å²) in [4.78, 5) is 0.925. The van der Waals surface area contributed by atoms with E-state index in [0.717, 1.165) is 10.6 Å². The van der Waals surface area contributed by atoms with Gasteiger partial charge in [0.15, 0.2) is 0 Å². The van der Waals surface area contributed by atoms with Crippen molar-refractivity contribution in [3.8, 4) is 5.75 Å². The zero-order chi connectivity index (χ0) is 6.69. The summed E-state index contributed by atoms with van der Waals surface area (Å²) in [5.74, 6) is 0.850. The predicted molar refractivity (Wildman–Crippen MR) is 47.4 cm³/mol. The number of thiol groups is 1. The van der Waals surface area contributed by atoms with Crippen molar-refractivity contribution < 1.29 is 4.74 Å². The van der Waals surface area contributed by atoms with Crippen molar-refractivity contribution in [3.63, 3.8) is 0 Å². The number of methoxy groups -OCH3 is 1. The third-order valence-electron chi connectivity index (χ3n) is 1.05. The van der Waals surface area contributed by atoms with Gasteiger partial charge in [-0.25, -0.2) is 0 Å². The Bertz CT molecular complexity index is 203. The van der Waals surface area contributed by atoms with E-state index in [9.17, 15) is 0 Å². The Morgan fingerprint density at radius 3 is 2.50 bits per heavy atom. The van der Waals surface area contributed by atoms with Crippen molar-refractivity contribution >= 4 is 64.0 Å². The van der Waals surface area contributed by atoms with Crippen molar-refractivity contribution in [2.45, 2.75) is 4.90 Å². The van der Waals surface area contributed by atoms with Gasteiger partial charge in [0, 0.05) is 4.90 Å². The molecule has 0 aliphatic rings. The number of ether oxygens (including phenoxy) is 1. The van der Waals surface area contributed by atoms with Gasteiger partial charge in [-0.2, -0.15) is 0 Å². The van der Waals surface area contributed by atoms with Crippen LogP contribution in [0.4, 0.5) is 0 Å². The van der Waals surface area contributed by atoms with Crippen molar-refractivity contribution in [1.82, 2.24) is 0 Å². The standard InChI is InChI=1S/C7H8OS.K.H/c1-8-6-3-2-4-7(9)5-6;;/h2-5,9H,1H3;;. The average Bonchev–Trinajstić information content (AvgIpc) is 1.88. The van der Waals surface area contributed by atoms with Gasteiger partial charge in [-0.05, 0) is 18.2 Å². The third kappa shape index (κ3) is 3.41. The first-order valence-corrected chi connectivity index (χ1v) is 3.10. The molecule has 0 amide bonds. The molecule has 50 valence electrons. The van der Waals surface area contributed by atoms with E-state index in [1.807, 2.05) is 24.3 Å². The van der Waals surface area contributed by atoms with Gasteiger partial charge in [0.1, 0.15) is 5.75 Å². The summed E-state index contributed by atoms with van der Waals surface area (Å²) in [5.41, 5.74) is 0. The fourth-order valence-corrected chi connectivity index (χ4v) is 0.824. The molecule has 0 aliphatic heterocycles. The fourth-order valence-electron chi connectivity index (χ4n) is 0.610. The van der Waals surface area contributed by atoms with Crippen LogP contribution in [0.2, 0.25) is 0 Å². The minimum atomic E-state index is 0. The molecule has 1 rings (SSSR count). The molecule has 0 saturated carbocycles. The van der Waals surface area contributed by atoms with Crippen LogP contribution in [-0.2, 0) is 0 Å². The summed E-state index contributed by atoms with van der Waals surface area (Å²) in [5, 5.41) is 0. The Kier molecular flexibility index (Phi) is 6.20. The molecular weight excluding hydrogens is 171 g/mol. The SMILES string of the molecule is COc1cccc(S)c1.[KH]. The molecule has 0 saturated heterocycles. The molecular formula is C7H9KOS. The zero-order valence-corrected chi connectivity index (χ0v) is 6.06. The van der Waals surface area contributed by atoms with E-state index < -0.39 is 0 Å². The van der Waals surface area contributed by atoms with Gasteiger partial charge in [0.2, 0.25) is 0 Å². The second kappa shape index (κ2) is 5.63. The van der Waals surface area contributed by atoms with E-state index in [4.69, 9.17) is 4.74 Å². The van der Waals surface area contributed by atoms with Crippen LogP contribution in [0.3, 0.4) is 0 Å². The van der Waals surface area contributed by atoms with Crippen LogP contribution in [0.25, 0.3) is 0 Å². The number of rotatable bonds is 1. The number of hydrogen-bond acceptors (Lipinski definition) is 2. The molecule has 1 nitrogen and oxygen atoms in total. The Morgan fingerprint density at radius 1 is 1.40 bits per heavy atom. The van der Waals surface area contributed by atoms with Gasteiger partial charge in [0.25, 0.3) is 0 Å². The fraction of sp³-hybridized carbons (Fsp3) is 0.143. The summed E-state index contributed by atoms with van der Waals surface area (Å²) in [7, 11) is 1.64. The van der Waals surface area contributed by atoms with E-state index in [2.05, 4.69) is 12.6 Å². The minimum absolute atomic E-state index is 0. The van der Waals surface area contributed by atoms with E-state index in [-0.39, 0.29) is 51.4 Å². The van der Waals surface area contributed by atoms with E-state index >= 15 is 0 Å². The van der Waals surface area contributed by atoms with Gasteiger partial charge >= 0.3 is 51.4 Å². The quantitative estimate of drug-likeness (QED) is 0.507. The molecule has 0 radical (unpaired) electrons. The van der Waals surface area contributed by atoms with Gasteiger partial charge in [-0.3, -0.25) is 0 Å². The van der Waals surface area contributed by atoms with Crippen LogP contribution < -0.4 is 4.74 Å². The van der Waals surface area contributed by atoms with Gasteiger partial charge < -0.3 is 4.74 Å². The molecule has 0 atom stereocenters. The van der Waals surface area contributed by atoms with Gasteiger partial charge in [-0.15, -0.1) is 12.6 Å². The first kappa shape index (κ1) is 11.0. The number of benzene rings is 1. The molecule has 0 aromatic heterocycles. The Hall–Kier alpha value is 1.01. The van der Waals surface area contributed by atoms with Crippen molar-refractivity contribution in [2.75, 3.05) is 7.11 Å². The molecule has 0 bridgehead atoms. The normalized spacial score (nSPS) is 8.20. The summed E-state index contributed by atoms with van der Waals surface area (Å²) < 4.78 is 4.95. The maximum absolute atomic E-state index is 4.95. The number of hydrogen-bond donors (Lipinski definition) is 1. The third-order valence-corrected chi connectivity index (χ3v) is 1.33. The molecule has 1 aromatic carbocycles.